The summed E-state index contributed by atoms with van der Waals surface area (Å²) in [5.41, 5.74) is 0. The predicted octanol–water partition coefficient (Wildman–Crippen LogP) is 2.90. The van der Waals surface area contributed by atoms with E-state index in [1.54, 1.807) is 0 Å². The second-order valence-corrected chi connectivity index (χ2v) is 8.98. The van der Waals surface area contributed by atoms with Crippen molar-refractivity contribution in [2.24, 2.45) is 0 Å². The molecular weight excluding hydrogens is 380 g/mol. The molecule has 2 fully saturated rings. The van der Waals surface area contributed by atoms with Crippen LogP contribution in [0.15, 0.2) is 0 Å². The van der Waals surface area contributed by atoms with E-state index < -0.39 is 0 Å². The van der Waals surface area contributed by atoms with Crippen LogP contribution in [0.2, 0.25) is 0 Å². The van der Waals surface area contributed by atoms with E-state index in [0.29, 0.717) is 11.7 Å². The number of thiol groups is 2. The highest BCUT2D eigenvalue weighted by Crippen LogP contribution is 2.15. The van der Waals surface area contributed by atoms with Crippen LogP contribution in [0.5, 0.6) is 0 Å². The Morgan fingerprint density at radius 1 is 0.963 bits per heavy atom. The molecule has 0 spiro atoms. The van der Waals surface area contributed by atoms with Crippen LogP contribution in [0.3, 0.4) is 0 Å². The molecule has 0 bridgehead atoms. The predicted molar refractivity (Wildman–Crippen MR) is 117 cm³/mol. The Bertz CT molecular complexity index is 383. The standard InChI is InChI=1S/C20H38N2O3S2/c23-20(7-3-2-6-19(27)8-15-26)25-18(16-21-9-4-1-5-10-21)17-22-11-13-24-14-12-22/h18-19,26-27H,1-17H2/t18?,19-/m1/s1. The third-order valence-electron chi connectivity index (χ3n) is 5.40. The van der Waals surface area contributed by atoms with Gasteiger partial charge in [0.05, 0.1) is 13.2 Å². The minimum absolute atomic E-state index is 0.0319. The van der Waals surface area contributed by atoms with E-state index in [2.05, 4.69) is 35.1 Å². The molecule has 5 nitrogen and oxygen atoms in total. The van der Waals surface area contributed by atoms with E-state index in [4.69, 9.17) is 9.47 Å². The zero-order chi connectivity index (χ0) is 19.3. The molecule has 2 aliphatic heterocycles. The Morgan fingerprint density at radius 3 is 2.30 bits per heavy atom. The summed E-state index contributed by atoms with van der Waals surface area (Å²) < 4.78 is 11.4. The number of nitrogens with zero attached hydrogens (tertiary/aromatic N) is 2. The van der Waals surface area contributed by atoms with Gasteiger partial charge in [-0.3, -0.25) is 14.6 Å². The molecule has 2 heterocycles. The van der Waals surface area contributed by atoms with Gasteiger partial charge in [-0.15, -0.1) is 0 Å². The first-order valence-electron chi connectivity index (χ1n) is 10.7. The monoisotopic (exact) mass is 418 g/mol. The maximum absolute atomic E-state index is 12.4. The van der Waals surface area contributed by atoms with E-state index in [1.807, 2.05) is 0 Å². The van der Waals surface area contributed by atoms with Gasteiger partial charge in [0, 0.05) is 37.8 Å². The third-order valence-corrected chi connectivity index (χ3v) is 6.18. The van der Waals surface area contributed by atoms with Gasteiger partial charge in [0.15, 0.2) is 0 Å². The zero-order valence-corrected chi connectivity index (χ0v) is 18.5. The lowest BCUT2D eigenvalue weighted by molar-refractivity contribution is -0.151. The number of ether oxygens (including phenoxy) is 2. The summed E-state index contributed by atoms with van der Waals surface area (Å²) in [4.78, 5) is 17.2. The van der Waals surface area contributed by atoms with Crippen LogP contribution in [0, 0.1) is 0 Å². The summed E-state index contributed by atoms with van der Waals surface area (Å²) in [7, 11) is 0. The van der Waals surface area contributed by atoms with E-state index in [1.165, 1.54) is 19.3 Å². The van der Waals surface area contributed by atoms with Crippen molar-refractivity contribution in [3.8, 4) is 0 Å². The number of carbonyl (C=O) groups is 1. The fourth-order valence-electron chi connectivity index (χ4n) is 3.82. The van der Waals surface area contributed by atoms with Crippen molar-refractivity contribution in [2.75, 3.05) is 58.2 Å². The summed E-state index contributed by atoms with van der Waals surface area (Å²) in [6.07, 6.45) is 8.30. The first kappa shape index (κ1) is 23.3. The lowest BCUT2D eigenvalue weighted by Gasteiger charge is -2.34. The number of piperidine rings is 1. The minimum Gasteiger partial charge on any atom is -0.460 e. The van der Waals surface area contributed by atoms with Gasteiger partial charge >= 0.3 is 5.97 Å². The first-order valence-corrected chi connectivity index (χ1v) is 11.8. The maximum Gasteiger partial charge on any atom is 0.306 e. The number of rotatable bonds is 12. The Labute approximate surface area is 176 Å². The van der Waals surface area contributed by atoms with Crippen molar-refractivity contribution in [3.05, 3.63) is 0 Å². The number of carbonyl (C=O) groups excluding carboxylic acids is 1. The molecular formula is C20H38N2O3S2. The van der Waals surface area contributed by atoms with Crippen molar-refractivity contribution < 1.29 is 14.3 Å². The third kappa shape index (κ3) is 10.4. The second kappa shape index (κ2) is 14.1. The molecule has 0 aliphatic carbocycles. The van der Waals surface area contributed by atoms with Crippen molar-refractivity contribution in [2.45, 2.75) is 62.7 Å². The number of morpholine rings is 1. The topological polar surface area (TPSA) is 42.0 Å². The molecule has 7 heteroatoms. The SMILES string of the molecule is O=C(CCCC[C@@H](S)CCS)OC(CN1CCCCC1)CN1CCOCC1. The van der Waals surface area contributed by atoms with Crippen molar-refractivity contribution in [1.82, 2.24) is 9.80 Å². The lowest BCUT2D eigenvalue weighted by Crippen LogP contribution is -2.47. The molecule has 0 aromatic carbocycles. The molecule has 2 atom stereocenters. The fraction of sp³-hybridized carbons (Fsp3) is 0.950. The number of hydrogen-bond donors (Lipinski definition) is 2. The highest BCUT2D eigenvalue weighted by molar-refractivity contribution is 7.81. The molecule has 0 aromatic heterocycles. The number of likely N-dealkylation sites (tertiary alicyclic amines) is 1. The molecule has 0 N–H and O–H groups in total. The Kier molecular flexibility index (Phi) is 12.2. The molecule has 0 aromatic rings. The van der Waals surface area contributed by atoms with E-state index in [0.717, 1.165) is 83.9 Å². The average Bonchev–Trinajstić information content (AvgIpc) is 2.67. The smallest absolute Gasteiger partial charge is 0.306 e. The van der Waals surface area contributed by atoms with Gasteiger partial charge in [0.25, 0.3) is 0 Å². The van der Waals surface area contributed by atoms with E-state index in [9.17, 15) is 4.79 Å². The molecule has 27 heavy (non-hydrogen) atoms. The van der Waals surface area contributed by atoms with Crippen LogP contribution in [0.1, 0.15) is 51.4 Å². The normalized spacial score (nSPS) is 21.7. The van der Waals surface area contributed by atoms with Crippen LogP contribution in [0.25, 0.3) is 0 Å². The molecule has 0 saturated carbocycles. The molecule has 0 radical (unpaired) electrons. The number of unbranched alkanes of at least 4 members (excludes halogenated alkanes) is 1. The van der Waals surface area contributed by atoms with Crippen LogP contribution in [-0.4, -0.2) is 85.4 Å². The zero-order valence-electron chi connectivity index (χ0n) is 16.7. The molecule has 158 valence electrons. The van der Waals surface area contributed by atoms with Gasteiger partial charge in [-0.25, -0.2) is 0 Å². The molecule has 2 saturated heterocycles. The molecule has 0 amide bonds. The maximum atomic E-state index is 12.4. The molecule has 2 rings (SSSR count). The fourth-order valence-corrected chi connectivity index (χ4v) is 4.65. The lowest BCUT2D eigenvalue weighted by atomic mass is 10.1. The van der Waals surface area contributed by atoms with Gasteiger partial charge in [-0.2, -0.15) is 25.3 Å². The Hall–Kier alpha value is 0.0500. The van der Waals surface area contributed by atoms with Gasteiger partial charge < -0.3 is 9.47 Å². The summed E-state index contributed by atoms with van der Waals surface area (Å²) >= 11 is 8.80. The summed E-state index contributed by atoms with van der Waals surface area (Å²) in [5, 5.41) is 0.395. The Morgan fingerprint density at radius 2 is 1.63 bits per heavy atom. The van der Waals surface area contributed by atoms with Crippen LogP contribution >= 0.6 is 25.3 Å². The number of esters is 1. The highest BCUT2D eigenvalue weighted by atomic mass is 32.1. The van der Waals surface area contributed by atoms with Crippen molar-refractivity contribution in [1.29, 1.82) is 0 Å². The molecule has 2 aliphatic rings. The van der Waals surface area contributed by atoms with Crippen molar-refractivity contribution in [3.63, 3.8) is 0 Å². The van der Waals surface area contributed by atoms with Crippen LogP contribution in [-0.2, 0) is 14.3 Å². The minimum atomic E-state index is -0.0461. The van der Waals surface area contributed by atoms with Gasteiger partial charge in [0.2, 0.25) is 0 Å². The summed E-state index contributed by atoms with van der Waals surface area (Å²) in [5.74, 6) is 0.825. The van der Waals surface area contributed by atoms with Crippen molar-refractivity contribution >= 4 is 31.2 Å². The average molecular weight is 419 g/mol. The van der Waals surface area contributed by atoms with E-state index >= 15 is 0 Å². The van der Waals surface area contributed by atoms with Gasteiger partial charge in [-0.05, 0) is 50.9 Å². The van der Waals surface area contributed by atoms with Gasteiger partial charge in [0.1, 0.15) is 6.10 Å². The second-order valence-electron chi connectivity index (χ2n) is 7.80. The summed E-state index contributed by atoms with van der Waals surface area (Å²) in [6, 6.07) is 0. The Balaban J connectivity index is 1.72. The summed E-state index contributed by atoms with van der Waals surface area (Å²) in [6.45, 7) is 7.38. The molecule has 1 unspecified atom stereocenters. The quantitative estimate of drug-likeness (QED) is 0.290. The highest BCUT2D eigenvalue weighted by Gasteiger charge is 2.23. The first-order chi connectivity index (χ1) is 13.2. The number of hydrogen-bond acceptors (Lipinski definition) is 7. The van der Waals surface area contributed by atoms with Gasteiger partial charge in [-0.1, -0.05) is 12.8 Å². The van der Waals surface area contributed by atoms with Crippen LogP contribution < -0.4 is 0 Å². The van der Waals surface area contributed by atoms with Crippen LogP contribution in [0.4, 0.5) is 0 Å². The van der Waals surface area contributed by atoms with E-state index in [-0.39, 0.29) is 12.1 Å². The largest absolute Gasteiger partial charge is 0.460 e.